The summed E-state index contributed by atoms with van der Waals surface area (Å²) in [7, 11) is 1.82. The van der Waals surface area contributed by atoms with Gasteiger partial charge in [-0.2, -0.15) is 0 Å². The maximum Gasteiger partial charge on any atom is 0.191 e. The first-order valence-electron chi connectivity index (χ1n) is 8.76. The lowest BCUT2D eigenvalue weighted by molar-refractivity contribution is 0.230. The van der Waals surface area contributed by atoms with Crippen molar-refractivity contribution in [1.82, 2.24) is 15.5 Å². The smallest absolute Gasteiger partial charge is 0.191 e. The van der Waals surface area contributed by atoms with Crippen LogP contribution in [0.2, 0.25) is 0 Å². The molecule has 1 aromatic rings. The zero-order valence-corrected chi connectivity index (χ0v) is 16.8. The molecule has 0 saturated carbocycles. The maximum atomic E-state index is 5.95. The van der Waals surface area contributed by atoms with Gasteiger partial charge in [-0.3, -0.25) is 4.99 Å². The molecule has 134 valence electrons. The third-order valence-electron chi connectivity index (χ3n) is 4.60. The van der Waals surface area contributed by atoms with Crippen LogP contribution in [-0.2, 0) is 6.42 Å². The molecule has 24 heavy (non-hydrogen) atoms. The first-order chi connectivity index (χ1) is 11.3. The number of benzene rings is 1. The lowest BCUT2D eigenvalue weighted by Crippen LogP contribution is -2.45. The van der Waals surface area contributed by atoms with Gasteiger partial charge in [0.2, 0.25) is 0 Å². The van der Waals surface area contributed by atoms with Gasteiger partial charge in [-0.15, -0.1) is 24.0 Å². The largest absolute Gasteiger partial charge is 0.488 e. The van der Waals surface area contributed by atoms with Crippen molar-refractivity contribution in [3.05, 3.63) is 29.8 Å². The molecular weight excluding hydrogens is 415 g/mol. The molecule has 1 unspecified atom stereocenters. The Morgan fingerprint density at radius 1 is 1.21 bits per heavy atom. The van der Waals surface area contributed by atoms with Crippen LogP contribution >= 0.6 is 24.0 Å². The molecule has 0 amide bonds. The number of fused-ring (bicyclic) bond motifs is 1. The predicted molar refractivity (Wildman–Crippen MR) is 110 cm³/mol. The Morgan fingerprint density at radius 3 is 2.75 bits per heavy atom. The fourth-order valence-corrected chi connectivity index (χ4v) is 3.31. The average Bonchev–Trinajstić information content (AvgIpc) is 3.01. The highest BCUT2D eigenvalue weighted by atomic mass is 127. The van der Waals surface area contributed by atoms with Crippen LogP contribution in [0.15, 0.2) is 29.3 Å². The van der Waals surface area contributed by atoms with Crippen LogP contribution in [-0.4, -0.2) is 56.7 Å². The molecule has 2 N–H and O–H groups in total. The van der Waals surface area contributed by atoms with Crippen molar-refractivity contribution in [2.45, 2.75) is 31.8 Å². The number of aliphatic imine (C=N–C) groups is 1. The van der Waals surface area contributed by atoms with Gasteiger partial charge in [0.15, 0.2) is 5.96 Å². The zero-order valence-electron chi connectivity index (χ0n) is 14.5. The molecule has 1 saturated heterocycles. The summed E-state index contributed by atoms with van der Waals surface area (Å²) in [6.07, 6.45) is 5.22. The number of nitrogens with one attached hydrogen (secondary N) is 2. The lowest BCUT2D eigenvalue weighted by atomic mass is 10.1. The van der Waals surface area contributed by atoms with E-state index in [1.54, 1.807) is 0 Å². The number of ether oxygens (including phenoxy) is 1. The summed E-state index contributed by atoms with van der Waals surface area (Å²) in [5.74, 6) is 1.88. The number of hydrogen-bond donors (Lipinski definition) is 2. The predicted octanol–water partition coefficient (Wildman–Crippen LogP) is 2.26. The summed E-state index contributed by atoms with van der Waals surface area (Å²) in [5, 5.41) is 6.78. The highest BCUT2D eigenvalue weighted by molar-refractivity contribution is 14.0. The first-order valence-corrected chi connectivity index (χ1v) is 8.76. The standard InChI is InChI=1S/C18H28N4O.HI/c1-19-18(20-9-12-22-10-5-2-6-11-22)21-14-16-13-15-7-3-4-8-17(15)23-16;/h3-4,7-8,16H,2,5-6,9-14H2,1H3,(H2,19,20,21);1H. The van der Waals surface area contributed by atoms with Crippen LogP contribution in [0.3, 0.4) is 0 Å². The quantitative estimate of drug-likeness (QED) is 0.416. The molecule has 2 heterocycles. The van der Waals surface area contributed by atoms with E-state index in [1.165, 1.54) is 37.9 Å². The summed E-state index contributed by atoms with van der Waals surface area (Å²) in [5.41, 5.74) is 1.30. The number of likely N-dealkylation sites (tertiary alicyclic amines) is 1. The molecule has 2 aliphatic heterocycles. The van der Waals surface area contributed by atoms with Gasteiger partial charge in [-0.1, -0.05) is 24.6 Å². The normalized spacial score (nSPS) is 20.7. The molecule has 0 bridgehead atoms. The molecule has 0 spiro atoms. The van der Waals surface area contributed by atoms with Crippen LogP contribution in [0.1, 0.15) is 24.8 Å². The van der Waals surface area contributed by atoms with Gasteiger partial charge < -0.3 is 20.3 Å². The maximum absolute atomic E-state index is 5.95. The van der Waals surface area contributed by atoms with Crippen molar-refractivity contribution >= 4 is 29.9 Å². The highest BCUT2D eigenvalue weighted by Gasteiger charge is 2.22. The van der Waals surface area contributed by atoms with Gasteiger partial charge in [-0.25, -0.2) is 0 Å². The molecule has 1 fully saturated rings. The topological polar surface area (TPSA) is 48.9 Å². The monoisotopic (exact) mass is 444 g/mol. The number of nitrogens with zero attached hydrogens (tertiary/aromatic N) is 2. The molecule has 1 aromatic carbocycles. The van der Waals surface area contributed by atoms with Crippen molar-refractivity contribution in [3.8, 4) is 5.75 Å². The number of halogens is 1. The Balaban J connectivity index is 0.00000208. The molecule has 0 aromatic heterocycles. The molecule has 0 aliphatic carbocycles. The summed E-state index contributed by atoms with van der Waals surface area (Å²) < 4.78 is 5.95. The summed E-state index contributed by atoms with van der Waals surface area (Å²) in [4.78, 5) is 6.83. The van der Waals surface area contributed by atoms with E-state index in [0.717, 1.165) is 37.8 Å². The summed E-state index contributed by atoms with van der Waals surface area (Å²) in [6, 6.07) is 8.27. The van der Waals surface area contributed by atoms with E-state index in [4.69, 9.17) is 4.74 Å². The van der Waals surface area contributed by atoms with E-state index >= 15 is 0 Å². The third kappa shape index (κ3) is 5.51. The highest BCUT2D eigenvalue weighted by Crippen LogP contribution is 2.27. The minimum Gasteiger partial charge on any atom is -0.488 e. The van der Waals surface area contributed by atoms with E-state index in [9.17, 15) is 0 Å². The Bertz CT molecular complexity index is 507. The van der Waals surface area contributed by atoms with Crippen LogP contribution in [0.5, 0.6) is 5.75 Å². The lowest BCUT2D eigenvalue weighted by Gasteiger charge is -2.26. The van der Waals surface area contributed by atoms with Crippen molar-refractivity contribution in [1.29, 1.82) is 0 Å². The fourth-order valence-electron chi connectivity index (χ4n) is 3.31. The van der Waals surface area contributed by atoms with Crippen molar-refractivity contribution in [2.75, 3.05) is 39.8 Å². The van der Waals surface area contributed by atoms with Crippen LogP contribution in [0, 0.1) is 0 Å². The number of piperidine rings is 1. The van der Waals surface area contributed by atoms with Gasteiger partial charge in [0, 0.05) is 26.6 Å². The SMILES string of the molecule is CN=C(NCCN1CCCCC1)NCC1Cc2ccccc2O1.I. The van der Waals surface area contributed by atoms with E-state index in [0.29, 0.717) is 0 Å². The number of guanidine groups is 1. The molecular formula is C18H29IN4O. The third-order valence-corrected chi connectivity index (χ3v) is 4.60. The zero-order chi connectivity index (χ0) is 15.9. The Hall–Kier alpha value is -1.02. The van der Waals surface area contributed by atoms with E-state index in [1.807, 2.05) is 19.2 Å². The molecule has 1 atom stereocenters. The van der Waals surface area contributed by atoms with Crippen LogP contribution < -0.4 is 15.4 Å². The minimum atomic E-state index is 0. The molecule has 5 nitrogen and oxygen atoms in total. The van der Waals surface area contributed by atoms with E-state index in [2.05, 4.69) is 32.7 Å². The number of hydrogen-bond acceptors (Lipinski definition) is 3. The summed E-state index contributed by atoms with van der Waals surface area (Å²) in [6.45, 7) is 5.28. The van der Waals surface area contributed by atoms with Gasteiger partial charge in [0.05, 0.1) is 6.54 Å². The summed E-state index contributed by atoms with van der Waals surface area (Å²) >= 11 is 0. The first kappa shape index (κ1) is 19.3. The Labute approximate surface area is 162 Å². The molecule has 2 aliphatic rings. The average molecular weight is 444 g/mol. The minimum absolute atomic E-state index is 0. The van der Waals surface area contributed by atoms with Gasteiger partial charge in [-0.05, 0) is 37.6 Å². The van der Waals surface area contributed by atoms with E-state index < -0.39 is 0 Å². The number of rotatable bonds is 5. The Kier molecular flexibility index (Phi) is 8.11. The number of para-hydroxylation sites is 1. The second-order valence-electron chi connectivity index (χ2n) is 6.33. The van der Waals surface area contributed by atoms with Crippen molar-refractivity contribution < 1.29 is 4.74 Å². The van der Waals surface area contributed by atoms with Gasteiger partial charge in [0.25, 0.3) is 0 Å². The second-order valence-corrected chi connectivity index (χ2v) is 6.33. The van der Waals surface area contributed by atoms with E-state index in [-0.39, 0.29) is 30.1 Å². The fraction of sp³-hybridized carbons (Fsp3) is 0.611. The molecule has 0 radical (unpaired) electrons. The molecule has 3 rings (SSSR count). The second kappa shape index (κ2) is 10.1. The van der Waals surface area contributed by atoms with Crippen molar-refractivity contribution in [3.63, 3.8) is 0 Å². The van der Waals surface area contributed by atoms with Crippen LogP contribution in [0.25, 0.3) is 0 Å². The van der Waals surface area contributed by atoms with Gasteiger partial charge >= 0.3 is 0 Å². The van der Waals surface area contributed by atoms with Crippen molar-refractivity contribution in [2.24, 2.45) is 4.99 Å². The van der Waals surface area contributed by atoms with Crippen LogP contribution in [0.4, 0.5) is 0 Å². The molecule has 6 heteroatoms. The Morgan fingerprint density at radius 2 is 2.00 bits per heavy atom. The van der Waals surface area contributed by atoms with Gasteiger partial charge in [0.1, 0.15) is 11.9 Å².